The first-order valence-corrected chi connectivity index (χ1v) is 7.82. The molecule has 0 heterocycles. The maximum absolute atomic E-state index is 13.5. The van der Waals surface area contributed by atoms with Crippen LogP contribution in [0.1, 0.15) is 18.9 Å². The average molecular weight is 331 g/mol. The molecular weight excluding hydrogens is 309 g/mol. The van der Waals surface area contributed by atoms with Crippen molar-refractivity contribution in [1.82, 2.24) is 0 Å². The Morgan fingerprint density at radius 2 is 1.92 bits per heavy atom. The first-order valence-electron chi connectivity index (χ1n) is 7.82. The minimum Gasteiger partial charge on any atom is -0.496 e. The van der Waals surface area contributed by atoms with Crippen LogP contribution in [0.5, 0.6) is 5.75 Å². The third kappa shape index (κ3) is 4.55. The molecule has 2 rings (SSSR count). The highest BCUT2D eigenvalue weighted by molar-refractivity contribution is 5.71. The summed E-state index contributed by atoms with van der Waals surface area (Å²) < 4.78 is 18.8. The first kappa shape index (κ1) is 17.9. The van der Waals surface area contributed by atoms with Gasteiger partial charge in [-0.25, -0.2) is 4.39 Å². The Bertz CT molecular complexity index is 700. The van der Waals surface area contributed by atoms with E-state index in [2.05, 4.69) is 0 Å². The van der Waals surface area contributed by atoms with Crippen LogP contribution in [0.2, 0.25) is 0 Å². The maximum atomic E-state index is 13.5. The molecule has 0 aliphatic rings. The Kier molecular flexibility index (Phi) is 5.93. The van der Waals surface area contributed by atoms with Crippen LogP contribution in [0.25, 0.3) is 11.1 Å². The number of hydrogen-bond acceptors (Lipinski definition) is 3. The molecule has 4 nitrogen and oxygen atoms in total. The smallest absolute Gasteiger partial charge is 0.306 e. The van der Waals surface area contributed by atoms with Gasteiger partial charge in [0.05, 0.1) is 13.0 Å². The largest absolute Gasteiger partial charge is 0.496 e. The molecule has 0 radical (unpaired) electrons. The maximum Gasteiger partial charge on any atom is 0.306 e. The molecule has 0 aromatic heterocycles. The van der Waals surface area contributed by atoms with Crippen molar-refractivity contribution in [2.75, 3.05) is 7.11 Å². The van der Waals surface area contributed by atoms with Gasteiger partial charge in [0.25, 0.3) is 0 Å². The normalized spacial score (nSPS) is 13.3. The van der Waals surface area contributed by atoms with Gasteiger partial charge >= 0.3 is 5.97 Å². The minimum absolute atomic E-state index is 0.217. The van der Waals surface area contributed by atoms with Gasteiger partial charge in [0, 0.05) is 11.6 Å². The zero-order valence-electron chi connectivity index (χ0n) is 13.8. The fourth-order valence-corrected chi connectivity index (χ4v) is 2.67. The van der Waals surface area contributed by atoms with E-state index in [1.54, 1.807) is 20.1 Å². The van der Waals surface area contributed by atoms with E-state index >= 15 is 0 Å². The van der Waals surface area contributed by atoms with E-state index in [4.69, 9.17) is 15.6 Å². The molecule has 0 saturated carbocycles. The quantitative estimate of drug-likeness (QED) is 0.815. The van der Waals surface area contributed by atoms with E-state index in [1.807, 2.05) is 24.3 Å². The van der Waals surface area contributed by atoms with Crippen LogP contribution >= 0.6 is 0 Å². The molecule has 0 saturated heterocycles. The highest BCUT2D eigenvalue weighted by atomic mass is 19.1. The summed E-state index contributed by atoms with van der Waals surface area (Å²) in [7, 11) is 1.55. The van der Waals surface area contributed by atoms with Crippen molar-refractivity contribution in [2.24, 2.45) is 11.7 Å². The van der Waals surface area contributed by atoms with Crippen molar-refractivity contribution in [3.63, 3.8) is 0 Å². The van der Waals surface area contributed by atoms with Gasteiger partial charge in [-0.05, 0) is 42.2 Å². The van der Waals surface area contributed by atoms with Crippen molar-refractivity contribution < 1.29 is 19.0 Å². The zero-order valence-corrected chi connectivity index (χ0v) is 13.8. The number of ether oxygens (including phenoxy) is 1. The van der Waals surface area contributed by atoms with Crippen LogP contribution in [-0.4, -0.2) is 24.2 Å². The highest BCUT2D eigenvalue weighted by Crippen LogP contribution is 2.30. The van der Waals surface area contributed by atoms with Gasteiger partial charge in [0.1, 0.15) is 11.6 Å². The average Bonchev–Trinajstić information content (AvgIpc) is 2.55. The Balaban J connectivity index is 2.11. The summed E-state index contributed by atoms with van der Waals surface area (Å²) in [6.45, 7) is 1.65. The molecule has 128 valence electrons. The number of methoxy groups -OCH3 is 1. The number of carboxylic acids is 1. The summed E-state index contributed by atoms with van der Waals surface area (Å²) in [5.74, 6) is -1.01. The molecule has 2 aromatic carbocycles. The van der Waals surface area contributed by atoms with E-state index < -0.39 is 11.9 Å². The molecule has 0 amide bonds. The zero-order chi connectivity index (χ0) is 17.7. The van der Waals surface area contributed by atoms with Gasteiger partial charge < -0.3 is 15.6 Å². The lowest BCUT2D eigenvalue weighted by Gasteiger charge is -2.15. The van der Waals surface area contributed by atoms with Crippen molar-refractivity contribution in [1.29, 1.82) is 0 Å². The first-order chi connectivity index (χ1) is 11.4. The number of rotatable bonds is 7. The highest BCUT2D eigenvalue weighted by Gasteiger charge is 2.16. The Labute approximate surface area is 141 Å². The van der Waals surface area contributed by atoms with Crippen molar-refractivity contribution >= 4 is 5.97 Å². The fraction of sp³-hybridized carbons (Fsp3) is 0.316. The third-order valence-electron chi connectivity index (χ3n) is 4.00. The number of nitrogens with two attached hydrogens (primary N) is 1. The van der Waals surface area contributed by atoms with Crippen LogP contribution in [0.4, 0.5) is 4.39 Å². The number of hydrogen-bond donors (Lipinski definition) is 2. The van der Waals surface area contributed by atoms with Crippen molar-refractivity contribution in [3.05, 3.63) is 53.8 Å². The summed E-state index contributed by atoms with van der Waals surface area (Å²) in [6.07, 6.45) is 1.02. The van der Waals surface area contributed by atoms with Crippen LogP contribution < -0.4 is 10.5 Å². The van der Waals surface area contributed by atoms with E-state index in [0.717, 1.165) is 11.1 Å². The van der Waals surface area contributed by atoms with E-state index in [1.165, 1.54) is 12.1 Å². The molecule has 0 fully saturated rings. The summed E-state index contributed by atoms with van der Waals surface area (Å²) in [5.41, 5.74) is 8.58. The third-order valence-corrected chi connectivity index (χ3v) is 4.00. The predicted octanol–water partition coefficient (Wildman–Crippen LogP) is 3.48. The second-order valence-electron chi connectivity index (χ2n) is 5.98. The fourth-order valence-electron chi connectivity index (χ4n) is 2.67. The van der Waals surface area contributed by atoms with Crippen LogP contribution in [0, 0.1) is 11.7 Å². The van der Waals surface area contributed by atoms with E-state index in [-0.39, 0.29) is 11.9 Å². The Morgan fingerprint density at radius 3 is 2.50 bits per heavy atom. The summed E-state index contributed by atoms with van der Waals surface area (Å²) in [4.78, 5) is 10.9. The van der Waals surface area contributed by atoms with Crippen molar-refractivity contribution in [3.8, 4) is 16.9 Å². The number of aliphatic carboxylic acids is 1. The van der Waals surface area contributed by atoms with E-state index in [0.29, 0.717) is 24.2 Å². The molecule has 0 aliphatic carbocycles. The molecule has 24 heavy (non-hydrogen) atoms. The van der Waals surface area contributed by atoms with Gasteiger partial charge in [-0.3, -0.25) is 4.79 Å². The van der Waals surface area contributed by atoms with Crippen LogP contribution in [0.3, 0.4) is 0 Å². The standard InChI is InChI=1S/C19H22FNO3/c1-12(19(22)23)9-16(21)10-13-3-5-14(6-4-13)17-11-15(20)7-8-18(17)24-2/h3-8,11-12,16H,9-10,21H2,1-2H3,(H,22,23). The van der Waals surface area contributed by atoms with Crippen LogP contribution in [0.15, 0.2) is 42.5 Å². The number of carboxylic acid groups (broad SMARTS) is 1. The lowest BCUT2D eigenvalue weighted by atomic mass is 9.95. The second-order valence-corrected chi connectivity index (χ2v) is 5.98. The molecular formula is C19H22FNO3. The second kappa shape index (κ2) is 7.93. The van der Waals surface area contributed by atoms with Crippen LogP contribution in [-0.2, 0) is 11.2 Å². The Morgan fingerprint density at radius 1 is 1.25 bits per heavy atom. The topological polar surface area (TPSA) is 72.5 Å². The SMILES string of the molecule is COc1ccc(F)cc1-c1ccc(CC(N)CC(C)C(=O)O)cc1. The number of halogens is 1. The van der Waals surface area contributed by atoms with Gasteiger partial charge in [-0.1, -0.05) is 31.2 Å². The summed E-state index contributed by atoms with van der Waals surface area (Å²) >= 11 is 0. The molecule has 2 unspecified atom stereocenters. The van der Waals surface area contributed by atoms with Gasteiger partial charge in [-0.15, -0.1) is 0 Å². The minimum atomic E-state index is -0.834. The monoisotopic (exact) mass is 331 g/mol. The lowest BCUT2D eigenvalue weighted by Crippen LogP contribution is -2.28. The van der Waals surface area contributed by atoms with Gasteiger partial charge in [0.15, 0.2) is 0 Å². The summed E-state index contributed by atoms with van der Waals surface area (Å²) in [6, 6.07) is 11.8. The Hall–Kier alpha value is -2.40. The molecule has 2 aromatic rings. The van der Waals surface area contributed by atoms with E-state index in [9.17, 15) is 9.18 Å². The lowest BCUT2D eigenvalue weighted by molar-refractivity contribution is -0.141. The number of carbonyl (C=O) groups is 1. The molecule has 5 heteroatoms. The molecule has 0 spiro atoms. The predicted molar refractivity (Wildman–Crippen MR) is 91.5 cm³/mol. The molecule has 0 aliphatic heterocycles. The molecule has 0 bridgehead atoms. The number of benzene rings is 2. The summed E-state index contributed by atoms with van der Waals surface area (Å²) in [5, 5.41) is 8.93. The van der Waals surface area contributed by atoms with Gasteiger partial charge in [0.2, 0.25) is 0 Å². The van der Waals surface area contributed by atoms with Crippen molar-refractivity contribution in [2.45, 2.75) is 25.8 Å². The molecule has 3 N–H and O–H groups in total. The van der Waals surface area contributed by atoms with Gasteiger partial charge in [-0.2, -0.15) is 0 Å². The molecule has 2 atom stereocenters.